The number of hydrogen-bond donors (Lipinski definition) is 3. The summed E-state index contributed by atoms with van der Waals surface area (Å²) in [6.45, 7) is 4.21. The van der Waals surface area contributed by atoms with Gasteiger partial charge >= 0.3 is 0 Å². The molecule has 0 rings (SSSR count). The van der Waals surface area contributed by atoms with Gasteiger partial charge < -0.3 is 19.7 Å². The second kappa shape index (κ2) is 6.50. The van der Waals surface area contributed by atoms with Crippen LogP contribution in [0, 0.1) is 0 Å². The van der Waals surface area contributed by atoms with Gasteiger partial charge in [-0.05, 0) is 25.6 Å². The summed E-state index contributed by atoms with van der Waals surface area (Å²) in [7, 11) is -1.93. The van der Waals surface area contributed by atoms with E-state index in [9.17, 15) is 4.80 Å². The van der Waals surface area contributed by atoms with Gasteiger partial charge in [-0.1, -0.05) is 0 Å². The van der Waals surface area contributed by atoms with Crippen LogP contribution < -0.4 is 0 Å². The van der Waals surface area contributed by atoms with Gasteiger partial charge in [0.05, 0.1) is 13.2 Å². The largest absolute Gasteiger partial charge is 0.432 e. The van der Waals surface area contributed by atoms with E-state index in [1.54, 1.807) is 0 Å². The number of hydrogen-bond acceptors (Lipinski definition) is 4. The molecule has 0 aliphatic rings. The first-order valence-corrected chi connectivity index (χ1v) is 7.70. The molecule has 0 radical (unpaired) electrons. The van der Waals surface area contributed by atoms with Gasteiger partial charge in [0.25, 0.3) is 0 Å². The molecule has 1 atom stereocenters. The molecule has 0 aliphatic carbocycles. The molecule has 0 heterocycles. The van der Waals surface area contributed by atoms with Crippen LogP contribution in [0.25, 0.3) is 0 Å². The first-order chi connectivity index (χ1) is 5.95. The zero-order valence-electron chi connectivity index (χ0n) is 8.36. The Morgan fingerprint density at radius 3 is 2.46 bits per heavy atom. The predicted molar refractivity (Wildman–Crippen MR) is 53.0 cm³/mol. The molecule has 80 valence electrons. The monoisotopic (exact) mass is 208 g/mol. The number of rotatable bonds is 7. The first-order valence-electron chi connectivity index (χ1n) is 4.55. The van der Waals surface area contributed by atoms with E-state index in [0.29, 0.717) is 6.61 Å². The minimum absolute atomic E-state index is 0.171. The summed E-state index contributed by atoms with van der Waals surface area (Å²) in [6.07, 6.45) is 0.0350. The van der Waals surface area contributed by atoms with Crippen molar-refractivity contribution in [1.29, 1.82) is 0 Å². The van der Waals surface area contributed by atoms with E-state index in [1.165, 1.54) is 0 Å². The molecule has 0 amide bonds. The van der Waals surface area contributed by atoms with Crippen LogP contribution in [0.15, 0.2) is 0 Å². The Bertz CT molecular complexity index is 124. The van der Waals surface area contributed by atoms with Crippen LogP contribution in [0.1, 0.15) is 6.42 Å². The normalized spacial score (nSPS) is 14.5. The topological polar surface area (TPSA) is 69.9 Å². The molecule has 0 aromatic heterocycles. The molecule has 13 heavy (non-hydrogen) atoms. The van der Waals surface area contributed by atoms with Gasteiger partial charge in [0, 0.05) is 6.61 Å². The van der Waals surface area contributed by atoms with Crippen LogP contribution >= 0.6 is 0 Å². The predicted octanol–water partition coefficient (Wildman–Crippen LogP) is -0.0563. The van der Waals surface area contributed by atoms with Crippen molar-refractivity contribution in [3.63, 3.8) is 0 Å². The molecule has 0 aromatic rings. The van der Waals surface area contributed by atoms with Crippen molar-refractivity contribution < 1.29 is 19.7 Å². The van der Waals surface area contributed by atoms with Gasteiger partial charge in [0.2, 0.25) is 0 Å². The lowest BCUT2D eigenvalue weighted by molar-refractivity contribution is 0.00638. The average molecular weight is 208 g/mol. The van der Waals surface area contributed by atoms with Crippen molar-refractivity contribution in [3.05, 3.63) is 0 Å². The van der Waals surface area contributed by atoms with E-state index in [-0.39, 0.29) is 13.2 Å². The highest BCUT2D eigenvalue weighted by Crippen LogP contribution is 2.07. The van der Waals surface area contributed by atoms with Crippen LogP contribution in [-0.2, 0) is 4.74 Å². The Balaban J connectivity index is 3.18. The molecule has 4 nitrogen and oxygen atoms in total. The number of aliphatic hydroxyl groups excluding tert-OH is 2. The van der Waals surface area contributed by atoms with Gasteiger partial charge in [0.15, 0.2) is 8.32 Å². The average Bonchev–Trinajstić information content (AvgIpc) is 2.01. The second-order valence-corrected chi connectivity index (χ2v) is 7.95. The molecule has 1 unspecified atom stereocenters. The molecular formula is C8H20O4Si. The molecule has 0 aliphatic heterocycles. The highest BCUT2D eigenvalue weighted by atomic mass is 28.4. The molecular weight excluding hydrogens is 188 g/mol. The lowest BCUT2D eigenvalue weighted by Gasteiger charge is -2.13. The molecule has 0 aromatic carbocycles. The summed E-state index contributed by atoms with van der Waals surface area (Å²) in [5, 5.41) is 17.4. The summed E-state index contributed by atoms with van der Waals surface area (Å²) >= 11 is 0. The van der Waals surface area contributed by atoms with Crippen molar-refractivity contribution in [2.75, 3.05) is 19.8 Å². The molecule has 3 N–H and O–H groups in total. The smallest absolute Gasteiger partial charge is 0.182 e. The van der Waals surface area contributed by atoms with Gasteiger partial charge in [0.1, 0.15) is 6.10 Å². The van der Waals surface area contributed by atoms with Crippen LogP contribution in [0.5, 0.6) is 0 Å². The van der Waals surface area contributed by atoms with Crippen LogP contribution in [-0.4, -0.2) is 49.3 Å². The number of ether oxygens (including phenoxy) is 1. The van der Waals surface area contributed by atoms with E-state index >= 15 is 0 Å². The van der Waals surface area contributed by atoms with E-state index in [2.05, 4.69) is 0 Å². The van der Waals surface area contributed by atoms with Crippen molar-refractivity contribution in [1.82, 2.24) is 0 Å². The zero-order chi connectivity index (χ0) is 10.3. The SMILES string of the molecule is C[Si](C)(O)CCCOCC(O)CO. The van der Waals surface area contributed by atoms with Crippen LogP contribution in [0.4, 0.5) is 0 Å². The standard InChI is InChI=1S/C8H20O4Si/c1-13(2,11)5-3-4-12-7-8(10)6-9/h8-11H,3-7H2,1-2H3. The number of aliphatic hydroxyl groups is 2. The third kappa shape index (κ3) is 9.97. The fraction of sp³-hybridized carbons (Fsp3) is 1.00. The maximum absolute atomic E-state index is 9.47. The molecule has 0 bridgehead atoms. The van der Waals surface area contributed by atoms with Crippen molar-refractivity contribution >= 4 is 8.32 Å². The van der Waals surface area contributed by atoms with E-state index in [4.69, 9.17) is 14.9 Å². The van der Waals surface area contributed by atoms with Crippen molar-refractivity contribution in [2.45, 2.75) is 31.7 Å². The fourth-order valence-corrected chi connectivity index (χ4v) is 1.89. The lowest BCUT2D eigenvalue weighted by atomic mass is 10.4. The molecule has 0 saturated heterocycles. The second-order valence-electron chi connectivity index (χ2n) is 3.83. The lowest BCUT2D eigenvalue weighted by Crippen LogP contribution is -2.25. The third-order valence-electron chi connectivity index (χ3n) is 1.60. The van der Waals surface area contributed by atoms with Crippen LogP contribution in [0.2, 0.25) is 19.1 Å². The van der Waals surface area contributed by atoms with Gasteiger partial charge in [-0.3, -0.25) is 0 Å². The maximum atomic E-state index is 9.47. The van der Waals surface area contributed by atoms with E-state index < -0.39 is 14.4 Å². The minimum Gasteiger partial charge on any atom is -0.432 e. The molecule has 5 heteroatoms. The molecule has 0 fully saturated rings. The quantitative estimate of drug-likeness (QED) is 0.405. The van der Waals surface area contributed by atoms with Gasteiger partial charge in [-0.25, -0.2) is 0 Å². The Labute approximate surface area is 80.3 Å². The zero-order valence-corrected chi connectivity index (χ0v) is 9.36. The first kappa shape index (κ1) is 13.1. The highest BCUT2D eigenvalue weighted by Gasteiger charge is 2.15. The van der Waals surface area contributed by atoms with Gasteiger partial charge in [-0.15, -0.1) is 0 Å². The van der Waals surface area contributed by atoms with Gasteiger partial charge in [-0.2, -0.15) is 0 Å². The molecule has 0 saturated carbocycles. The highest BCUT2D eigenvalue weighted by molar-refractivity contribution is 6.69. The Morgan fingerprint density at radius 2 is 2.00 bits per heavy atom. The summed E-state index contributed by atoms with van der Waals surface area (Å²) in [4.78, 5) is 9.47. The Kier molecular flexibility index (Phi) is 6.53. The van der Waals surface area contributed by atoms with Crippen molar-refractivity contribution in [3.8, 4) is 0 Å². The van der Waals surface area contributed by atoms with Crippen molar-refractivity contribution in [2.24, 2.45) is 0 Å². The third-order valence-corrected chi connectivity index (χ3v) is 3.18. The molecule has 0 spiro atoms. The minimum atomic E-state index is -1.93. The Hall–Kier alpha value is 0.0569. The summed E-state index contributed by atoms with van der Waals surface area (Å²) < 4.78 is 5.08. The summed E-state index contributed by atoms with van der Waals surface area (Å²) in [6, 6.07) is 0.808. The van der Waals surface area contributed by atoms with E-state index in [0.717, 1.165) is 12.5 Å². The van der Waals surface area contributed by atoms with E-state index in [1.807, 2.05) is 13.1 Å². The van der Waals surface area contributed by atoms with Crippen LogP contribution in [0.3, 0.4) is 0 Å². The summed E-state index contributed by atoms with van der Waals surface area (Å²) in [5.74, 6) is 0. The summed E-state index contributed by atoms with van der Waals surface area (Å²) in [5.41, 5.74) is 0. The Morgan fingerprint density at radius 1 is 1.38 bits per heavy atom. The fourth-order valence-electron chi connectivity index (χ4n) is 0.879. The maximum Gasteiger partial charge on any atom is 0.182 e.